The van der Waals surface area contributed by atoms with Gasteiger partial charge in [-0.15, -0.1) is 0 Å². The van der Waals surface area contributed by atoms with E-state index in [0.29, 0.717) is 18.4 Å². The highest BCUT2D eigenvalue weighted by Crippen LogP contribution is 2.43. The van der Waals surface area contributed by atoms with Crippen LogP contribution in [0, 0.1) is 0 Å². The monoisotopic (exact) mass is 320 g/mol. The van der Waals surface area contributed by atoms with E-state index in [4.69, 9.17) is 4.74 Å². The van der Waals surface area contributed by atoms with Gasteiger partial charge in [0.15, 0.2) is 0 Å². The molecule has 1 aromatic rings. The van der Waals surface area contributed by atoms with Gasteiger partial charge in [-0.3, -0.25) is 4.68 Å². The lowest BCUT2D eigenvalue weighted by molar-refractivity contribution is 0.0488. The molecule has 2 unspecified atom stereocenters. The first-order valence-corrected chi connectivity index (χ1v) is 7.46. The molecule has 1 aliphatic heterocycles. The Morgan fingerprint density at radius 3 is 3.12 bits per heavy atom. The van der Waals surface area contributed by atoms with Crippen molar-refractivity contribution in [2.75, 3.05) is 19.5 Å². The van der Waals surface area contributed by atoms with Crippen molar-refractivity contribution in [1.82, 2.24) is 9.78 Å². The first-order valence-electron chi connectivity index (χ1n) is 5.61. The fourth-order valence-corrected chi connectivity index (χ4v) is 4.08. The maximum Gasteiger partial charge on any atom is 0.117 e. The summed E-state index contributed by atoms with van der Waals surface area (Å²) in [7, 11) is 1.67. The van der Waals surface area contributed by atoms with E-state index in [1.54, 1.807) is 25.1 Å². The zero-order chi connectivity index (χ0) is 12.5. The topological polar surface area (TPSA) is 47.3 Å². The van der Waals surface area contributed by atoms with Crippen LogP contribution in [0.3, 0.4) is 0 Å². The van der Waals surface area contributed by atoms with Crippen molar-refractivity contribution in [3.63, 3.8) is 0 Å². The van der Waals surface area contributed by atoms with Gasteiger partial charge < -0.3 is 9.84 Å². The summed E-state index contributed by atoms with van der Waals surface area (Å²) < 4.78 is 7.78. The summed E-state index contributed by atoms with van der Waals surface area (Å²) >= 11 is 5.28. The van der Waals surface area contributed by atoms with Gasteiger partial charge in [-0.2, -0.15) is 16.9 Å². The zero-order valence-corrected chi connectivity index (χ0v) is 12.4. The van der Waals surface area contributed by atoms with Crippen LogP contribution in [0.25, 0.3) is 0 Å². The predicted octanol–water partition coefficient (Wildman–Crippen LogP) is 2.00. The lowest BCUT2D eigenvalue weighted by Crippen LogP contribution is -2.30. The van der Waals surface area contributed by atoms with Crippen molar-refractivity contribution in [2.24, 2.45) is 0 Å². The summed E-state index contributed by atoms with van der Waals surface area (Å²) in [5.74, 6) is 0.728. The Hall–Kier alpha value is -0.0400. The van der Waals surface area contributed by atoms with Crippen molar-refractivity contribution in [1.29, 1.82) is 0 Å². The molecule has 0 amide bonds. The minimum absolute atomic E-state index is 0.484. The molecule has 0 aliphatic carbocycles. The van der Waals surface area contributed by atoms with Gasteiger partial charge in [0.25, 0.3) is 0 Å². The van der Waals surface area contributed by atoms with Crippen LogP contribution in [0.1, 0.15) is 19.0 Å². The number of hydrogen-bond acceptors (Lipinski definition) is 4. The van der Waals surface area contributed by atoms with Crippen molar-refractivity contribution in [3.8, 4) is 0 Å². The minimum atomic E-state index is -0.771. The molecule has 1 aromatic heterocycles. The molecule has 0 aromatic carbocycles. The molecule has 1 saturated heterocycles. The molecule has 4 nitrogen and oxygen atoms in total. The molecular formula is C11H17BrN2O2S. The van der Waals surface area contributed by atoms with Crippen LogP contribution in [-0.4, -0.2) is 39.6 Å². The highest BCUT2D eigenvalue weighted by Gasteiger charge is 2.41. The van der Waals surface area contributed by atoms with Crippen LogP contribution in [0.5, 0.6) is 0 Å². The molecule has 0 saturated carbocycles. The third-order valence-electron chi connectivity index (χ3n) is 2.97. The van der Waals surface area contributed by atoms with Crippen LogP contribution in [0.4, 0.5) is 0 Å². The van der Waals surface area contributed by atoms with Gasteiger partial charge in [-0.1, -0.05) is 6.92 Å². The Bertz CT molecular complexity index is 399. The number of nitrogens with zero attached hydrogens (tertiary/aromatic N) is 2. The lowest BCUT2D eigenvalue weighted by atomic mass is 9.96. The summed E-state index contributed by atoms with van der Waals surface area (Å²) in [6.07, 6.45) is 2.52. The summed E-state index contributed by atoms with van der Waals surface area (Å²) in [5, 5.41) is 15.5. The Balaban J connectivity index is 2.27. The average molecular weight is 321 g/mol. The van der Waals surface area contributed by atoms with E-state index in [9.17, 15) is 5.11 Å². The van der Waals surface area contributed by atoms with E-state index in [2.05, 4.69) is 28.0 Å². The van der Waals surface area contributed by atoms with Crippen LogP contribution < -0.4 is 0 Å². The van der Waals surface area contributed by atoms with E-state index in [-0.39, 0.29) is 0 Å². The SMILES string of the molecule is COCCn1ncc(Br)c1C1(O)CSC(C)C1. The molecule has 1 aliphatic rings. The Labute approximate surface area is 114 Å². The second kappa shape index (κ2) is 5.30. The van der Waals surface area contributed by atoms with Crippen LogP contribution in [0.2, 0.25) is 0 Å². The quantitative estimate of drug-likeness (QED) is 0.921. The van der Waals surface area contributed by atoms with Crippen LogP contribution >= 0.6 is 27.7 Å². The fourth-order valence-electron chi connectivity index (χ4n) is 2.21. The largest absolute Gasteiger partial charge is 0.383 e. The normalized spacial score (nSPS) is 28.8. The van der Waals surface area contributed by atoms with Crippen LogP contribution in [-0.2, 0) is 16.9 Å². The summed E-state index contributed by atoms with van der Waals surface area (Å²) in [6, 6.07) is 0. The second-order valence-electron chi connectivity index (χ2n) is 4.41. The van der Waals surface area contributed by atoms with Gasteiger partial charge in [-0.25, -0.2) is 0 Å². The molecule has 17 heavy (non-hydrogen) atoms. The smallest absolute Gasteiger partial charge is 0.117 e. The third kappa shape index (κ3) is 2.70. The standard InChI is InChI=1S/C11H17BrN2O2S/c1-8-5-11(15,7-17-8)10-9(12)6-13-14(10)3-4-16-2/h6,8,15H,3-5,7H2,1-2H3. The maximum absolute atomic E-state index is 10.7. The number of hydrogen-bond donors (Lipinski definition) is 1. The van der Waals surface area contributed by atoms with Gasteiger partial charge in [0.2, 0.25) is 0 Å². The number of thioether (sulfide) groups is 1. The van der Waals surface area contributed by atoms with E-state index in [1.165, 1.54) is 0 Å². The van der Waals surface area contributed by atoms with E-state index in [1.807, 2.05) is 4.68 Å². The molecule has 2 atom stereocenters. The van der Waals surface area contributed by atoms with Gasteiger partial charge in [-0.05, 0) is 22.4 Å². The lowest BCUT2D eigenvalue weighted by Gasteiger charge is -2.23. The van der Waals surface area contributed by atoms with E-state index in [0.717, 1.165) is 22.3 Å². The Kier molecular flexibility index (Phi) is 4.18. The molecule has 0 bridgehead atoms. The Morgan fingerprint density at radius 1 is 1.76 bits per heavy atom. The summed E-state index contributed by atoms with van der Waals surface area (Å²) in [6.45, 7) is 3.41. The van der Waals surface area contributed by atoms with E-state index >= 15 is 0 Å². The predicted molar refractivity (Wildman–Crippen MR) is 72.2 cm³/mol. The molecule has 1 N–H and O–H groups in total. The third-order valence-corrected chi connectivity index (χ3v) is 4.93. The summed E-state index contributed by atoms with van der Waals surface area (Å²) in [4.78, 5) is 0. The number of ether oxygens (including phenoxy) is 1. The van der Waals surface area contributed by atoms with Gasteiger partial charge in [0.1, 0.15) is 5.60 Å². The van der Waals surface area contributed by atoms with Crippen molar-refractivity contribution in [2.45, 2.75) is 30.7 Å². The average Bonchev–Trinajstić information content (AvgIpc) is 2.80. The fraction of sp³-hybridized carbons (Fsp3) is 0.727. The summed E-state index contributed by atoms with van der Waals surface area (Å²) in [5.41, 5.74) is 0.110. The van der Waals surface area contributed by atoms with Crippen molar-refractivity contribution >= 4 is 27.7 Å². The first kappa shape index (κ1) is 13.4. The molecule has 6 heteroatoms. The Morgan fingerprint density at radius 2 is 2.53 bits per heavy atom. The van der Waals surface area contributed by atoms with E-state index < -0.39 is 5.60 Å². The number of aliphatic hydroxyl groups is 1. The highest BCUT2D eigenvalue weighted by molar-refractivity contribution is 9.10. The first-order chi connectivity index (χ1) is 8.07. The highest BCUT2D eigenvalue weighted by atomic mass is 79.9. The maximum atomic E-state index is 10.7. The van der Waals surface area contributed by atoms with Crippen molar-refractivity contribution in [3.05, 3.63) is 16.4 Å². The number of aromatic nitrogens is 2. The van der Waals surface area contributed by atoms with Gasteiger partial charge >= 0.3 is 0 Å². The van der Waals surface area contributed by atoms with Crippen molar-refractivity contribution < 1.29 is 9.84 Å². The molecule has 0 radical (unpaired) electrons. The van der Waals surface area contributed by atoms with Crippen LogP contribution in [0.15, 0.2) is 10.7 Å². The molecule has 2 rings (SSSR count). The number of halogens is 1. The number of methoxy groups -OCH3 is 1. The number of rotatable bonds is 4. The van der Waals surface area contributed by atoms with Gasteiger partial charge in [0, 0.05) is 18.1 Å². The molecule has 96 valence electrons. The molecular weight excluding hydrogens is 304 g/mol. The second-order valence-corrected chi connectivity index (χ2v) is 6.70. The molecule has 0 spiro atoms. The minimum Gasteiger partial charge on any atom is -0.383 e. The molecule has 1 fully saturated rings. The molecule has 2 heterocycles. The zero-order valence-electron chi connectivity index (χ0n) is 10.0. The van der Waals surface area contributed by atoms with Gasteiger partial charge in [0.05, 0.1) is 29.5 Å².